The van der Waals surface area contributed by atoms with E-state index in [2.05, 4.69) is 6.58 Å². The van der Waals surface area contributed by atoms with Gasteiger partial charge >= 0.3 is 5.97 Å². The van der Waals surface area contributed by atoms with Crippen LogP contribution in [-0.4, -0.2) is 43.6 Å². The number of rotatable bonds is 7. The fraction of sp³-hybridized carbons (Fsp3) is 0.190. The molecule has 0 N–H and O–H groups in total. The van der Waals surface area contributed by atoms with E-state index in [-0.39, 0.29) is 31.1 Å². The van der Waals surface area contributed by atoms with E-state index in [1.165, 1.54) is 16.2 Å². The van der Waals surface area contributed by atoms with Gasteiger partial charge < -0.3 is 14.4 Å². The smallest absolute Gasteiger partial charge is 0.330 e. The Morgan fingerprint density at radius 2 is 1.89 bits per heavy atom. The Kier molecular flexibility index (Phi) is 6.06. The second kappa shape index (κ2) is 8.67. The number of likely N-dealkylation sites (N-methyl/N-ethyl adjacent to an activating group) is 1. The first kappa shape index (κ1) is 19.6. The summed E-state index contributed by atoms with van der Waals surface area (Å²) in [5, 5.41) is 1.24. The van der Waals surface area contributed by atoms with Crippen LogP contribution in [0.2, 0.25) is 0 Å². The molecule has 6 nitrogen and oxygen atoms in total. The third-order valence-corrected chi connectivity index (χ3v) is 5.32. The van der Waals surface area contributed by atoms with Gasteiger partial charge in [-0.25, -0.2) is 4.79 Å². The molecule has 7 heteroatoms. The molecule has 0 radical (unpaired) electrons. The van der Waals surface area contributed by atoms with Crippen LogP contribution in [0.1, 0.15) is 0 Å². The van der Waals surface area contributed by atoms with Gasteiger partial charge in [0.15, 0.2) is 12.0 Å². The Labute approximate surface area is 165 Å². The maximum absolute atomic E-state index is 12.7. The van der Waals surface area contributed by atoms with Crippen LogP contribution < -0.4 is 10.2 Å². The number of ether oxygens (including phenoxy) is 2. The number of esters is 1. The lowest BCUT2D eigenvalue weighted by atomic mass is 10.2. The minimum absolute atomic E-state index is 0.0534. The monoisotopic (exact) mass is 397 g/mol. The SMILES string of the molecule is C=CC(=O)OCCN(C)C(=O)COc1ccc2sc3ccccc3c(=O)c2c1. The molecule has 0 unspecified atom stereocenters. The molecule has 0 aliphatic carbocycles. The molecule has 144 valence electrons. The highest BCUT2D eigenvalue weighted by Crippen LogP contribution is 2.27. The minimum Gasteiger partial charge on any atom is -0.484 e. The summed E-state index contributed by atoms with van der Waals surface area (Å²) < 4.78 is 12.2. The molecule has 0 atom stereocenters. The molecular weight excluding hydrogens is 378 g/mol. The maximum Gasteiger partial charge on any atom is 0.330 e. The number of carbonyl (C=O) groups excluding carboxylic acids is 2. The highest BCUT2D eigenvalue weighted by Gasteiger charge is 2.12. The van der Waals surface area contributed by atoms with Crippen molar-refractivity contribution in [2.45, 2.75) is 0 Å². The molecule has 1 amide bonds. The molecule has 0 saturated heterocycles. The van der Waals surface area contributed by atoms with Gasteiger partial charge in [-0.1, -0.05) is 18.7 Å². The molecule has 1 aromatic heterocycles. The summed E-state index contributed by atoms with van der Waals surface area (Å²) in [5.41, 5.74) is -0.0534. The van der Waals surface area contributed by atoms with Gasteiger partial charge in [-0.2, -0.15) is 0 Å². The summed E-state index contributed by atoms with van der Waals surface area (Å²) >= 11 is 1.54. The highest BCUT2D eigenvalue weighted by atomic mass is 32.1. The second-order valence-electron chi connectivity index (χ2n) is 6.06. The highest BCUT2D eigenvalue weighted by molar-refractivity contribution is 7.24. The Morgan fingerprint density at radius 1 is 1.14 bits per heavy atom. The van der Waals surface area contributed by atoms with Crippen molar-refractivity contribution in [3.05, 3.63) is 65.3 Å². The van der Waals surface area contributed by atoms with Gasteiger partial charge in [-0.05, 0) is 30.3 Å². The van der Waals surface area contributed by atoms with Crippen molar-refractivity contribution in [3.63, 3.8) is 0 Å². The van der Waals surface area contributed by atoms with Crippen LogP contribution in [0.3, 0.4) is 0 Å². The van der Waals surface area contributed by atoms with Gasteiger partial charge in [-0.15, -0.1) is 11.3 Å². The Balaban J connectivity index is 1.67. The molecule has 2 aromatic carbocycles. The molecule has 28 heavy (non-hydrogen) atoms. The lowest BCUT2D eigenvalue weighted by Crippen LogP contribution is -2.34. The average Bonchev–Trinajstić information content (AvgIpc) is 2.72. The first-order chi connectivity index (χ1) is 13.5. The Morgan fingerprint density at radius 3 is 2.68 bits per heavy atom. The number of amides is 1. The summed E-state index contributed by atoms with van der Waals surface area (Å²) in [6.45, 7) is 3.45. The molecule has 0 aliphatic rings. The van der Waals surface area contributed by atoms with E-state index >= 15 is 0 Å². The summed E-state index contributed by atoms with van der Waals surface area (Å²) in [6.07, 6.45) is 1.07. The van der Waals surface area contributed by atoms with E-state index in [4.69, 9.17) is 9.47 Å². The fourth-order valence-electron chi connectivity index (χ4n) is 2.59. The summed E-state index contributed by atoms with van der Waals surface area (Å²) in [4.78, 5) is 37.3. The number of hydrogen-bond acceptors (Lipinski definition) is 6. The summed E-state index contributed by atoms with van der Waals surface area (Å²) in [7, 11) is 1.59. The predicted molar refractivity (Wildman–Crippen MR) is 110 cm³/mol. The molecule has 0 spiro atoms. The van der Waals surface area contributed by atoms with Crippen LogP contribution in [0.4, 0.5) is 0 Å². The van der Waals surface area contributed by atoms with Crippen molar-refractivity contribution >= 4 is 43.4 Å². The minimum atomic E-state index is -0.532. The van der Waals surface area contributed by atoms with Crippen molar-refractivity contribution in [2.24, 2.45) is 0 Å². The van der Waals surface area contributed by atoms with Crippen LogP contribution in [0.25, 0.3) is 20.2 Å². The lowest BCUT2D eigenvalue weighted by molar-refractivity contribution is -0.140. The molecule has 3 rings (SSSR count). The van der Waals surface area contributed by atoms with E-state index in [1.54, 1.807) is 25.2 Å². The normalized spacial score (nSPS) is 10.6. The maximum atomic E-state index is 12.7. The first-order valence-electron chi connectivity index (χ1n) is 8.61. The van der Waals surface area contributed by atoms with E-state index in [1.807, 2.05) is 24.3 Å². The van der Waals surface area contributed by atoms with E-state index in [9.17, 15) is 14.4 Å². The van der Waals surface area contributed by atoms with Gasteiger partial charge in [0.1, 0.15) is 12.4 Å². The van der Waals surface area contributed by atoms with Crippen molar-refractivity contribution in [1.82, 2.24) is 4.90 Å². The van der Waals surface area contributed by atoms with Gasteiger partial charge in [0, 0.05) is 33.3 Å². The van der Waals surface area contributed by atoms with E-state index in [0.717, 1.165) is 15.5 Å². The zero-order valence-corrected chi connectivity index (χ0v) is 16.2. The number of nitrogens with zero attached hydrogens (tertiary/aromatic N) is 1. The molecular formula is C21H19NO5S. The third-order valence-electron chi connectivity index (χ3n) is 4.17. The molecule has 0 fully saturated rings. The molecule has 1 heterocycles. The molecule has 0 saturated carbocycles. The van der Waals surface area contributed by atoms with Gasteiger partial charge in [-0.3, -0.25) is 9.59 Å². The van der Waals surface area contributed by atoms with E-state index < -0.39 is 5.97 Å². The van der Waals surface area contributed by atoms with Gasteiger partial charge in [0.25, 0.3) is 5.91 Å². The quantitative estimate of drug-likeness (QED) is 0.348. The topological polar surface area (TPSA) is 72.9 Å². The standard InChI is InChI=1S/C21H19NO5S/c1-3-20(24)26-11-10-22(2)19(23)13-27-14-8-9-18-16(12-14)21(25)15-6-4-5-7-17(15)28-18/h3-9,12H,1,10-11,13H2,2H3. The fourth-order valence-corrected chi connectivity index (χ4v) is 3.65. The van der Waals surface area contributed by atoms with Crippen LogP contribution in [0, 0.1) is 0 Å². The number of fused-ring (bicyclic) bond motifs is 2. The summed E-state index contributed by atoms with van der Waals surface area (Å²) in [6, 6.07) is 12.7. The molecule has 0 bridgehead atoms. The van der Waals surface area contributed by atoms with Crippen molar-refractivity contribution < 1.29 is 19.1 Å². The van der Waals surface area contributed by atoms with Crippen LogP contribution in [0.15, 0.2) is 59.9 Å². The van der Waals surface area contributed by atoms with Crippen molar-refractivity contribution in [3.8, 4) is 5.75 Å². The first-order valence-corrected chi connectivity index (χ1v) is 9.43. The number of hydrogen-bond donors (Lipinski definition) is 0. The predicted octanol–water partition coefficient (Wildman–Crippen LogP) is 2.98. The third kappa shape index (κ3) is 4.37. The van der Waals surface area contributed by atoms with Crippen LogP contribution in [0.5, 0.6) is 5.75 Å². The molecule has 0 aliphatic heterocycles. The van der Waals surface area contributed by atoms with Crippen molar-refractivity contribution in [1.29, 1.82) is 0 Å². The largest absolute Gasteiger partial charge is 0.484 e. The zero-order chi connectivity index (χ0) is 20.1. The van der Waals surface area contributed by atoms with Crippen LogP contribution in [-0.2, 0) is 14.3 Å². The molecule has 3 aromatic rings. The number of carbonyl (C=O) groups is 2. The lowest BCUT2D eigenvalue weighted by Gasteiger charge is -2.17. The zero-order valence-electron chi connectivity index (χ0n) is 15.3. The Hall–Kier alpha value is -3.19. The summed E-state index contributed by atoms with van der Waals surface area (Å²) in [5.74, 6) is -0.347. The average molecular weight is 397 g/mol. The van der Waals surface area contributed by atoms with Gasteiger partial charge in [0.05, 0.1) is 6.54 Å². The van der Waals surface area contributed by atoms with Gasteiger partial charge in [0.2, 0.25) is 0 Å². The van der Waals surface area contributed by atoms with Crippen LogP contribution >= 0.6 is 11.3 Å². The Bertz CT molecular complexity index is 1100. The van der Waals surface area contributed by atoms with E-state index in [0.29, 0.717) is 16.5 Å². The second-order valence-corrected chi connectivity index (χ2v) is 7.14. The van der Waals surface area contributed by atoms with Crippen molar-refractivity contribution in [2.75, 3.05) is 26.8 Å². The number of benzene rings is 2.